The number of hydrogen-bond donors (Lipinski definition) is 2. The highest BCUT2D eigenvalue weighted by Gasteiger charge is 2.25. The second-order valence-electron chi connectivity index (χ2n) is 7.09. The Bertz CT molecular complexity index is 789. The van der Waals surface area contributed by atoms with E-state index in [4.69, 9.17) is 0 Å². The summed E-state index contributed by atoms with van der Waals surface area (Å²) in [5.74, 6) is -0.420. The molecule has 2 aromatic rings. The Hall–Kier alpha value is -2.89. The van der Waals surface area contributed by atoms with Crippen LogP contribution in [0, 0.1) is 11.7 Å². The van der Waals surface area contributed by atoms with Crippen molar-refractivity contribution in [2.45, 2.75) is 19.3 Å². The van der Waals surface area contributed by atoms with Crippen LogP contribution in [-0.4, -0.2) is 43.0 Å². The fourth-order valence-electron chi connectivity index (χ4n) is 3.41. The highest BCUT2D eigenvalue weighted by atomic mass is 19.1. The summed E-state index contributed by atoms with van der Waals surface area (Å²) in [7, 11) is 0. The number of piperidine rings is 1. The smallest absolute Gasteiger partial charge is 0.314 e. The molecule has 1 aliphatic rings. The predicted octanol–water partition coefficient (Wildman–Crippen LogP) is 3.22. The van der Waals surface area contributed by atoms with Crippen molar-refractivity contribution in [2.75, 3.05) is 26.2 Å². The molecule has 0 spiro atoms. The van der Waals surface area contributed by atoms with Crippen LogP contribution in [0.4, 0.5) is 9.18 Å². The third-order valence-corrected chi connectivity index (χ3v) is 5.10. The van der Waals surface area contributed by atoms with Gasteiger partial charge in [-0.1, -0.05) is 42.5 Å². The van der Waals surface area contributed by atoms with Gasteiger partial charge in [0.2, 0.25) is 0 Å². The zero-order chi connectivity index (χ0) is 19.8. The van der Waals surface area contributed by atoms with Crippen molar-refractivity contribution in [3.8, 4) is 0 Å². The van der Waals surface area contributed by atoms with Crippen LogP contribution in [0.5, 0.6) is 0 Å². The SMILES string of the molecule is O=C(NCCc1ccccc1)NCC1CCN(C(=O)c2ccccc2F)CC1. The van der Waals surface area contributed by atoms with Crippen LogP contribution < -0.4 is 10.6 Å². The molecule has 0 radical (unpaired) electrons. The number of carbonyl (C=O) groups is 2. The summed E-state index contributed by atoms with van der Waals surface area (Å²) in [6, 6.07) is 15.9. The summed E-state index contributed by atoms with van der Waals surface area (Å²) in [6.45, 7) is 2.33. The van der Waals surface area contributed by atoms with E-state index in [1.54, 1.807) is 17.0 Å². The van der Waals surface area contributed by atoms with Gasteiger partial charge in [0.1, 0.15) is 5.82 Å². The summed E-state index contributed by atoms with van der Waals surface area (Å²) >= 11 is 0. The van der Waals surface area contributed by atoms with E-state index in [0.29, 0.717) is 32.1 Å². The number of hydrogen-bond acceptors (Lipinski definition) is 2. The van der Waals surface area contributed by atoms with Gasteiger partial charge >= 0.3 is 6.03 Å². The van der Waals surface area contributed by atoms with Crippen LogP contribution in [0.3, 0.4) is 0 Å². The molecule has 1 aliphatic heterocycles. The first-order valence-corrected chi connectivity index (χ1v) is 9.73. The Morgan fingerprint density at radius 2 is 1.64 bits per heavy atom. The normalized spacial score (nSPS) is 14.5. The molecule has 0 bridgehead atoms. The van der Waals surface area contributed by atoms with Gasteiger partial charge in [0.15, 0.2) is 0 Å². The number of nitrogens with zero attached hydrogens (tertiary/aromatic N) is 1. The summed E-state index contributed by atoms with van der Waals surface area (Å²) in [5.41, 5.74) is 1.31. The maximum absolute atomic E-state index is 13.8. The molecule has 2 N–H and O–H groups in total. The molecule has 3 amide bonds. The lowest BCUT2D eigenvalue weighted by Crippen LogP contribution is -2.44. The highest BCUT2D eigenvalue weighted by Crippen LogP contribution is 2.19. The van der Waals surface area contributed by atoms with Gasteiger partial charge in [0, 0.05) is 26.2 Å². The quantitative estimate of drug-likeness (QED) is 0.805. The minimum atomic E-state index is -0.483. The van der Waals surface area contributed by atoms with Crippen molar-refractivity contribution in [3.05, 3.63) is 71.5 Å². The van der Waals surface area contributed by atoms with E-state index in [1.165, 1.54) is 17.7 Å². The van der Waals surface area contributed by atoms with Crippen molar-refractivity contribution in [3.63, 3.8) is 0 Å². The molecule has 148 valence electrons. The lowest BCUT2D eigenvalue weighted by molar-refractivity contribution is 0.0686. The number of urea groups is 1. The van der Waals surface area contributed by atoms with E-state index < -0.39 is 5.82 Å². The second kappa shape index (κ2) is 9.88. The van der Waals surface area contributed by atoms with E-state index in [0.717, 1.165) is 19.3 Å². The Labute approximate surface area is 164 Å². The zero-order valence-electron chi connectivity index (χ0n) is 15.9. The van der Waals surface area contributed by atoms with Crippen LogP contribution in [0.2, 0.25) is 0 Å². The third-order valence-electron chi connectivity index (χ3n) is 5.10. The molecule has 1 heterocycles. The first kappa shape index (κ1) is 19.9. The van der Waals surface area contributed by atoms with Crippen LogP contribution >= 0.6 is 0 Å². The molecule has 0 atom stereocenters. The van der Waals surface area contributed by atoms with Crippen molar-refractivity contribution in [1.29, 1.82) is 0 Å². The summed E-state index contributed by atoms with van der Waals surface area (Å²) in [5, 5.41) is 5.78. The fraction of sp³-hybridized carbons (Fsp3) is 0.364. The maximum atomic E-state index is 13.8. The molecule has 1 saturated heterocycles. The zero-order valence-corrected chi connectivity index (χ0v) is 15.9. The number of benzene rings is 2. The third kappa shape index (κ3) is 5.55. The minimum absolute atomic E-state index is 0.122. The van der Waals surface area contributed by atoms with Crippen LogP contribution in [-0.2, 0) is 6.42 Å². The lowest BCUT2D eigenvalue weighted by Gasteiger charge is -2.32. The van der Waals surface area contributed by atoms with E-state index in [9.17, 15) is 14.0 Å². The summed E-state index contributed by atoms with van der Waals surface area (Å²) in [6.07, 6.45) is 2.39. The molecule has 0 saturated carbocycles. The molecule has 1 fully saturated rings. The van der Waals surface area contributed by atoms with E-state index >= 15 is 0 Å². The summed E-state index contributed by atoms with van der Waals surface area (Å²) < 4.78 is 13.8. The standard InChI is InChI=1S/C22H26FN3O2/c23-20-9-5-4-8-19(20)21(27)26-14-11-18(12-15-26)16-25-22(28)24-13-10-17-6-2-1-3-7-17/h1-9,18H,10-16H2,(H2,24,25,28). The maximum Gasteiger partial charge on any atom is 0.314 e. The van der Waals surface area contributed by atoms with Crippen LogP contribution in [0.1, 0.15) is 28.8 Å². The number of likely N-dealkylation sites (tertiary alicyclic amines) is 1. The van der Waals surface area contributed by atoms with Gasteiger partial charge < -0.3 is 15.5 Å². The van der Waals surface area contributed by atoms with Crippen molar-refractivity contribution in [2.24, 2.45) is 5.92 Å². The molecule has 6 heteroatoms. The Morgan fingerprint density at radius 3 is 2.36 bits per heavy atom. The van der Waals surface area contributed by atoms with Gasteiger partial charge in [-0.05, 0) is 42.9 Å². The molecule has 5 nitrogen and oxygen atoms in total. The molecule has 0 unspecified atom stereocenters. The molecule has 2 aromatic carbocycles. The van der Waals surface area contributed by atoms with Gasteiger partial charge in [-0.3, -0.25) is 4.79 Å². The van der Waals surface area contributed by atoms with Gasteiger partial charge in [-0.15, -0.1) is 0 Å². The number of rotatable bonds is 6. The minimum Gasteiger partial charge on any atom is -0.339 e. The van der Waals surface area contributed by atoms with Crippen molar-refractivity contribution < 1.29 is 14.0 Å². The van der Waals surface area contributed by atoms with Gasteiger partial charge in [-0.2, -0.15) is 0 Å². The molecule has 28 heavy (non-hydrogen) atoms. The first-order valence-electron chi connectivity index (χ1n) is 9.73. The average Bonchev–Trinajstić information content (AvgIpc) is 2.73. The highest BCUT2D eigenvalue weighted by molar-refractivity contribution is 5.94. The Balaban J connectivity index is 1.34. The average molecular weight is 383 g/mol. The largest absolute Gasteiger partial charge is 0.339 e. The topological polar surface area (TPSA) is 61.4 Å². The Morgan fingerprint density at radius 1 is 0.964 bits per heavy atom. The number of amides is 3. The van der Waals surface area contributed by atoms with Gasteiger partial charge in [-0.25, -0.2) is 9.18 Å². The second-order valence-corrected chi connectivity index (χ2v) is 7.09. The van der Waals surface area contributed by atoms with E-state index in [-0.39, 0.29) is 17.5 Å². The molecule has 0 aromatic heterocycles. The number of nitrogens with one attached hydrogen (secondary N) is 2. The summed E-state index contributed by atoms with van der Waals surface area (Å²) in [4.78, 5) is 26.1. The van der Waals surface area contributed by atoms with E-state index in [1.807, 2.05) is 30.3 Å². The van der Waals surface area contributed by atoms with Gasteiger partial charge in [0.05, 0.1) is 5.56 Å². The van der Waals surface area contributed by atoms with Gasteiger partial charge in [0.25, 0.3) is 5.91 Å². The molecular weight excluding hydrogens is 357 g/mol. The first-order chi connectivity index (χ1) is 13.6. The Kier molecular flexibility index (Phi) is 7.00. The fourth-order valence-corrected chi connectivity index (χ4v) is 3.41. The number of halogens is 1. The van der Waals surface area contributed by atoms with Crippen LogP contribution in [0.15, 0.2) is 54.6 Å². The van der Waals surface area contributed by atoms with E-state index in [2.05, 4.69) is 10.6 Å². The monoisotopic (exact) mass is 383 g/mol. The lowest BCUT2D eigenvalue weighted by atomic mass is 9.96. The number of carbonyl (C=O) groups excluding carboxylic acids is 2. The molecule has 3 rings (SSSR count). The van der Waals surface area contributed by atoms with Crippen LogP contribution in [0.25, 0.3) is 0 Å². The predicted molar refractivity (Wildman–Crippen MR) is 107 cm³/mol. The van der Waals surface area contributed by atoms with Crippen molar-refractivity contribution >= 4 is 11.9 Å². The van der Waals surface area contributed by atoms with Crippen molar-refractivity contribution in [1.82, 2.24) is 15.5 Å². The molecule has 0 aliphatic carbocycles. The molecular formula is C22H26FN3O2.